The van der Waals surface area contributed by atoms with Crippen molar-refractivity contribution in [3.8, 4) is 0 Å². The fourth-order valence-corrected chi connectivity index (χ4v) is 8.07. The fourth-order valence-electron chi connectivity index (χ4n) is 8.07. The van der Waals surface area contributed by atoms with Crippen LogP contribution < -0.4 is 0 Å². The largest absolute Gasteiger partial charge is 0.469 e. The molecule has 41 heavy (non-hydrogen) atoms. The molecule has 2 fully saturated rings. The van der Waals surface area contributed by atoms with Crippen LogP contribution in [0.1, 0.15) is 163 Å². The van der Waals surface area contributed by atoms with Gasteiger partial charge in [-0.05, 0) is 82.1 Å². The summed E-state index contributed by atoms with van der Waals surface area (Å²) in [7, 11) is 1.53. The molecule has 0 aromatic rings. The van der Waals surface area contributed by atoms with Crippen LogP contribution in [0, 0.1) is 22.7 Å². The molecule has 0 aliphatic heterocycles. The van der Waals surface area contributed by atoms with Gasteiger partial charge in [-0.2, -0.15) is 0 Å². The first kappa shape index (κ1) is 35.6. The molecule has 2 aliphatic rings. The number of hydrogen-bond donors (Lipinski definition) is 0. The van der Waals surface area contributed by atoms with Crippen LogP contribution in [0.25, 0.3) is 0 Å². The summed E-state index contributed by atoms with van der Waals surface area (Å²) in [5.41, 5.74) is 2.29. The predicted octanol–water partition coefficient (Wildman–Crippen LogP) is 10.7. The molecule has 2 rings (SSSR count). The monoisotopic (exact) mass is 572 g/mol. The summed E-state index contributed by atoms with van der Waals surface area (Å²) >= 11 is 0. The van der Waals surface area contributed by atoms with Crippen molar-refractivity contribution < 1.29 is 19.1 Å². The van der Waals surface area contributed by atoms with Crippen molar-refractivity contribution in [2.75, 3.05) is 13.7 Å². The molecule has 0 N–H and O–H groups in total. The maximum atomic E-state index is 12.8. The van der Waals surface area contributed by atoms with Gasteiger partial charge in [0, 0.05) is 6.42 Å². The maximum Gasteiger partial charge on any atom is 0.311 e. The number of carbonyl (C=O) groups excluding carboxylic acids is 2. The number of unbranched alkanes of at least 4 members (excludes halogenated alkanes) is 12. The molecule has 0 saturated heterocycles. The lowest BCUT2D eigenvalue weighted by Gasteiger charge is -2.57. The Bertz CT molecular complexity index is 829. The average Bonchev–Trinajstić information content (AvgIpc) is 2.94. The van der Waals surface area contributed by atoms with E-state index in [0.29, 0.717) is 24.9 Å². The Kier molecular flexibility index (Phi) is 16.4. The summed E-state index contributed by atoms with van der Waals surface area (Å²) in [5.74, 6) is 0.628. The van der Waals surface area contributed by atoms with Crippen LogP contribution in [-0.2, 0) is 19.1 Å². The van der Waals surface area contributed by atoms with Crippen LogP contribution in [0.2, 0.25) is 0 Å². The van der Waals surface area contributed by atoms with Crippen molar-refractivity contribution in [3.05, 3.63) is 23.8 Å². The second-order valence-corrected chi connectivity index (χ2v) is 13.8. The zero-order chi connectivity index (χ0) is 30.1. The third-order valence-electron chi connectivity index (χ3n) is 10.7. The van der Waals surface area contributed by atoms with E-state index in [-0.39, 0.29) is 17.4 Å². The highest BCUT2D eigenvalue weighted by Gasteiger charge is 2.57. The second-order valence-electron chi connectivity index (χ2n) is 13.8. The van der Waals surface area contributed by atoms with E-state index in [4.69, 9.17) is 9.47 Å². The molecule has 4 atom stereocenters. The van der Waals surface area contributed by atoms with E-state index in [1.54, 1.807) is 0 Å². The molecule has 2 aliphatic carbocycles. The molecule has 0 bridgehead atoms. The number of carbonyl (C=O) groups is 2. The van der Waals surface area contributed by atoms with Crippen LogP contribution in [-0.4, -0.2) is 25.7 Å². The minimum Gasteiger partial charge on any atom is -0.469 e. The van der Waals surface area contributed by atoms with Gasteiger partial charge in [0.1, 0.15) is 6.61 Å². The number of rotatable bonds is 20. The zero-order valence-electron chi connectivity index (χ0n) is 27.6. The van der Waals surface area contributed by atoms with Gasteiger partial charge in [0.25, 0.3) is 0 Å². The molecule has 0 unspecified atom stereocenters. The molecular formula is C37H64O4. The highest BCUT2D eigenvalue weighted by atomic mass is 16.5. The van der Waals surface area contributed by atoms with E-state index < -0.39 is 5.41 Å². The van der Waals surface area contributed by atoms with Crippen molar-refractivity contribution in [2.45, 2.75) is 163 Å². The number of fused-ring (bicyclic) bond motifs is 1. The SMILES string of the molecule is C=C1CC[C@@H]2[C@](C)(CCC[C@]2(C)C(=O)OC)[C@H]1CC/C(C)=C/COC(=O)CCCCCCCCCCCCCCC. The lowest BCUT2D eigenvalue weighted by atomic mass is 9.46. The van der Waals surface area contributed by atoms with Gasteiger partial charge in [-0.1, -0.05) is 115 Å². The van der Waals surface area contributed by atoms with E-state index in [1.165, 1.54) is 88.9 Å². The van der Waals surface area contributed by atoms with Gasteiger partial charge >= 0.3 is 11.9 Å². The highest BCUT2D eigenvalue weighted by molar-refractivity contribution is 5.77. The minimum absolute atomic E-state index is 0.0450. The normalized spacial score (nSPS) is 26.5. The van der Waals surface area contributed by atoms with Crippen LogP contribution >= 0.6 is 0 Å². The topological polar surface area (TPSA) is 52.6 Å². The number of hydrogen-bond acceptors (Lipinski definition) is 4. The van der Waals surface area contributed by atoms with Crippen molar-refractivity contribution in [2.24, 2.45) is 22.7 Å². The quantitative estimate of drug-likeness (QED) is 0.0827. The van der Waals surface area contributed by atoms with Crippen LogP contribution in [0.15, 0.2) is 23.8 Å². The maximum absolute atomic E-state index is 12.8. The van der Waals surface area contributed by atoms with Crippen LogP contribution in [0.3, 0.4) is 0 Å². The molecule has 0 aromatic carbocycles. The van der Waals surface area contributed by atoms with Gasteiger partial charge in [0.15, 0.2) is 0 Å². The first-order valence-corrected chi connectivity index (χ1v) is 17.3. The van der Waals surface area contributed by atoms with Crippen molar-refractivity contribution in [1.29, 1.82) is 0 Å². The molecule has 0 spiro atoms. The molecule has 0 aromatic heterocycles. The Labute approximate surface area is 253 Å². The first-order chi connectivity index (χ1) is 19.7. The van der Waals surface area contributed by atoms with Gasteiger partial charge in [-0.15, -0.1) is 0 Å². The highest BCUT2D eigenvalue weighted by Crippen LogP contribution is 2.62. The summed E-state index contributed by atoms with van der Waals surface area (Å²) in [6, 6.07) is 0. The van der Waals surface area contributed by atoms with Crippen LogP contribution in [0.5, 0.6) is 0 Å². The Morgan fingerprint density at radius 1 is 0.902 bits per heavy atom. The van der Waals surface area contributed by atoms with Gasteiger partial charge in [0.05, 0.1) is 12.5 Å². The molecule has 2 saturated carbocycles. The lowest BCUT2D eigenvalue weighted by Crippen LogP contribution is -2.53. The van der Waals surface area contributed by atoms with E-state index in [0.717, 1.165) is 57.8 Å². The van der Waals surface area contributed by atoms with Crippen molar-refractivity contribution in [3.63, 3.8) is 0 Å². The van der Waals surface area contributed by atoms with E-state index >= 15 is 0 Å². The standard InChI is InChI=1S/C37H64O4/c1-7-8-9-10-11-12-13-14-15-16-17-18-19-21-34(38)41-29-26-30(2)22-24-32-31(3)23-25-33-36(32,4)27-20-28-37(33,5)35(39)40-6/h26,32-33H,3,7-25,27-29H2,1-2,4-6H3/b30-26+/t32-,33+,36+,37-/m0/s1. The summed E-state index contributed by atoms with van der Waals surface area (Å²) in [6.07, 6.45) is 26.8. The van der Waals surface area contributed by atoms with Crippen molar-refractivity contribution >= 4 is 11.9 Å². The molecule has 236 valence electrons. The van der Waals surface area contributed by atoms with Gasteiger partial charge in [0.2, 0.25) is 0 Å². The van der Waals surface area contributed by atoms with E-state index in [1.807, 2.05) is 0 Å². The predicted molar refractivity (Wildman–Crippen MR) is 172 cm³/mol. The number of ether oxygens (including phenoxy) is 2. The number of allylic oxidation sites excluding steroid dienone is 2. The van der Waals surface area contributed by atoms with Crippen LogP contribution in [0.4, 0.5) is 0 Å². The summed E-state index contributed by atoms with van der Waals surface area (Å²) in [5, 5.41) is 0. The first-order valence-electron chi connectivity index (χ1n) is 17.3. The molecule has 0 amide bonds. The molecular weight excluding hydrogens is 508 g/mol. The van der Waals surface area contributed by atoms with E-state index in [9.17, 15) is 9.59 Å². The molecule has 0 heterocycles. The second kappa shape index (κ2) is 18.9. The molecule has 4 nitrogen and oxygen atoms in total. The zero-order valence-corrected chi connectivity index (χ0v) is 27.6. The lowest BCUT2D eigenvalue weighted by molar-refractivity contribution is -0.168. The van der Waals surface area contributed by atoms with Gasteiger partial charge in [-0.3, -0.25) is 9.59 Å². The summed E-state index contributed by atoms with van der Waals surface area (Å²) < 4.78 is 10.8. The smallest absolute Gasteiger partial charge is 0.311 e. The fraction of sp³-hybridized carbons (Fsp3) is 0.838. The Balaban J connectivity index is 1.61. The third kappa shape index (κ3) is 11.2. The van der Waals surface area contributed by atoms with E-state index in [2.05, 4.69) is 40.3 Å². The van der Waals surface area contributed by atoms with Gasteiger partial charge in [-0.25, -0.2) is 0 Å². The number of esters is 2. The van der Waals surface area contributed by atoms with Gasteiger partial charge < -0.3 is 9.47 Å². The third-order valence-corrected chi connectivity index (χ3v) is 10.7. The Morgan fingerprint density at radius 2 is 1.49 bits per heavy atom. The molecule has 4 heteroatoms. The average molecular weight is 573 g/mol. The number of methoxy groups -OCH3 is 1. The summed E-state index contributed by atoms with van der Waals surface area (Å²) in [6.45, 7) is 13.8. The Morgan fingerprint density at radius 3 is 2.07 bits per heavy atom. The van der Waals surface area contributed by atoms with Crippen molar-refractivity contribution in [1.82, 2.24) is 0 Å². The Hall–Kier alpha value is -1.58. The minimum atomic E-state index is -0.396. The molecule has 0 radical (unpaired) electrons. The summed E-state index contributed by atoms with van der Waals surface area (Å²) in [4.78, 5) is 25.0.